The second kappa shape index (κ2) is 7.76. The van der Waals surface area contributed by atoms with Crippen molar-refractivity contribution in [2.75, 3.05) is 46.4 Å². The zero-order valence-electron chi connectivity index (χ0n) is 13.4. The van der Waals surface area contributed by atoms with Crippen molar-refractivity contribution in [1.29, 1.82) is 0 Å². The molecule has 0 radical (unpaired) electrons. The average molecular weight is 294 g/mol. The standard InChI is InChI=1S/C17H27FN2O/c1-14(2)12-15-4-5-17(16(18)13-15)21-11-10-20-8-6-19(3)7-9-20/h4-5,13-14H,6-12H2,1-3H3. The van der Waals surface area contributed by atoms with Crippen molar-refractivity contribution in [3.8, 4) is 5.75 Å². The maximum absolute atomic E-state index is 14.0. The molecule has 0 aromatic heterocycles. The first-order valence-electron chi connectivity index (χ1n) is 7.86. The summed E-state index contributed by atoms with van der Waals surface area (Å²) < 4.78 is 19.6. The van der Waals surface area contributed by atoms with E-state index in [4.69, 9.17) is 4.74 Å². The van der Waals surface area contributed by atoms with Gasteiger partial charge in [0.25, 0.3) is 0 Å². The normalized spacial score (nSPS) is 17.4. The van der Waals surface area contributed by atoms with Crippen LogP contribution in [0.1, 0.15) is 19.4 Å². The van der Waals surface area contributed by atoms with Gasteiger partial charge in [0.2, 0.25) is 0 Å². The number of piperazine rings is 1. The smallest absolute Gasteiger partial charge is 0.165 e. The maximum Gasteiger partial charge on any atom is 0.165 e. The molecular formula is C17H27FN2O. The van der Waals surface area contributed by atoms with Crippen molar-refractivity contribution in [1.82, 2.24) is 9.80 Å². The first kappa shape index (κ1) is 16.2. The molecular weight excluding hydrogens is 267 g/mol. The van der Waals surface area contributed by atoms with Gasteiger partial charge in [-0.05, 0) is 37.1 Å². The van der Waals surface area contributed by atoms with Crippen LogP contribution in [0.25, 0.3) is 0 Å². The highest BCUT2D eigenvalue weighted by atomic mass is 19.1. The fraction of sp³-hybridized carbons (Fsp3) is 0.647. The Labute approximate surface area is 127 Å². The number of nitrogens with zero attached hydrogens (tertiary/aromatic N) is 2. The number of hydrogen-bond donors (Lipinski definition) is 0. The molecule has 0 N–H and O–H groups in total. The summed E-state index contributed by atoms with van der Waals surface area (Å²) in [6.07, 6.45) is 0.901. The molecule has 0 unspecified atom stereocenters. The highest BCUT2D eigenvalue weighted by molar-refractivity contribution is 5.29. The van der Waals surface area contributed by atoms with Crippen molar-refractivity contribution >= 4 is 0 Å². The van der Waals surface area contributed by atoms with E-state index in [2.05, 4.69) is 30.7 Å². The maximum atomic E-state index is 14.0. The van der Waals surface area contributed by atoms with Gasteiger partial charge in [-0.3, -0.25) is 4.90 Å². The van der Waals surface area contributed by atoms with Crippen LogP contribution in [0.15, 0.2) is 18.2 Å². The molecule has 2 rings (SSSR count). The van der Waals surface area contributed by atoms with Crippen molar-refractivity contribution in [2.45, 2.75) is 20.3 Å². The van der Waals surface area contributed by atoms with Crippen LogP contribution in [0.3, 0.4) is 0 Å². The number of benzene rings is 1. The monoisotopic (exact) mass is 294 g/mol. The zero-order chi connectivity index (χ0) is 15.2. The molecule has 1 aliphatic heterocycles. The predicted molar refractivity (Wildman–Crippen MR) is 84.4 cm³/mol. The lowest BCUT2D eigenvalue weighted by Gasteiger charge is -2.32. The van der Waals surface area contributed by atoms with Crippen LogP contribution >= 0.6 is 0 Å². The van der Waals surface area contributed by atoms with Crippen LogP contribution in [0.2, 0.25) is 0 Å². The molecule has 0 saturated carbocycles. The molecule has 21 heavy (non-hydrogen) atoms. The highest BCUT2D eigenvalue weighted by Gasteiger charge is 2.13. The first-order chi connectivity index (χ1) is 10.0. The molecule has 0 amide bonds. The Morgan fingerprint density at radius 3 is 2.52 bits per heavy atom. The van der Waals surface area contributed by atoms with Crippen molar-refractivity contribution < 1.29 is 9.13 Å². The van der Waals surface area contributed by atoms with Gasteiger partial charge in [-0.2, -0.15) is 0 Å². The molecule has 4 heteroatoms. The van der Waals surface area contributed by atoms with Crippen molar-refractivity contribution in [3.05, 3.63) is 29.6 Å². The van der Waals surface area contributed by atoms with Crippen molar-refractivity contribution in [2.24, 2.45) is 5.92 Å². The van der Waals surface area contributed by atoms with E-state index in [0.717, 1.165) is 44.7 Å². The molecule has 0 atom stereocenters. The van der Waals surface area contributed by atoms with Gasteiger partial charge in [0, 0.05) is 32.7 Å². The third-order valence-corrected chi connectivity index (χ3v) is 3.90. The fourth-order valence-electron chi connectivity index (χ4n) is 2.62. The lowest BCUT2D eigenvalue weighted by atomic mass is 10.0. The van der Waals surface area contributed by atoms with Gasteiger partial charge in [0.15, 0.2) is 11.6 Å². The van der Waals surface area contributed by atoms with Crippen LogP contribution in [-0.2, 0) is 6.42 Å². The van der Waals surface area contributed by atoms with Gasteiger partial charge < -0.3 is 9.64 Å². The van der Waals surface area contributed by atoms with Gasteiger partial charge in [-0.25, -0.2) is 4.39 Å². The quantitative estimate of drug-likeness (QED) is 0.802. The largest absolute Gasteiger partial charge is 0.489 e. The van der Waals surface area contributed by atoms with E-state index in [1.807, 2.05) is 6.07 Å². The van der Waals surface area contributed by atoms with E-state index in [9.17, 15) is 4.39 Å². The number of rotatable bonds is 6. The summed E-state index contributed by atoms with van der Waals surface area (Å²) in [4.78, 5) is 4.69. The summed E-state index contributed by atoms with van der Waals surface area (Å²) >= 11 is 0. The number of likely N-dealkylation sites (N-methyl/N-ethyl adjacent to an activating group) is 1. The summed E-state index contributed by atoms with van der Waals surface area (Å²) in [5.74, 6) is 0.663. The van der Waals surface area contributed by atoms with E-state index >= 15 is 0 Å². The number of ether oxygens (including phenoxy) is 1. The Kier molecular flexibility index (Phi) is 6.00. The summed E-state index contributed by atoms with van der Waals surface area (Å²) in [6.45, 7) is 10.0. The van der Waals surface area contributed by atoms with Gasteiger partial charge in [0.1, 0.15) is 6.61 Å². The Hall–Kier alpha value is -1.13. The van der Waals surface area contributed by atoms with Crippen LogP contribution in [0, 0.1) is 11.7 Å². The molecule has 1 fully saturated rings. The van der Waals surface area contributed by atoms with Crippen LogP contribution in [0.5, 0.6) is 5.75 Å². The van der Waals surface area contributed by atoms with Crippen molar-refractivity contribution in [3.63, 3.8) is 0 Å². The van der Waals surface area contributed by atoms with E-state index in [1.54, 1.807) is 12.1 Å². The first-order valence-corrected chi connectivity index (χ1v) is 7.86. The molecule has 1 aromatic rings. The summed E-state index contributed by atoms with van der Waals surface area (Å²) in [5, 5.41) is 0. The molecule has 1 heterocycles. The van der Waals surface area contributed by atoms with Crippen LogP contribution in [0.4, 0.5) is 4.39 Å². The minimum absolute atomic E-state index is 0.244. The van der Waals surface area contributed by atoms with Crippen LogP contribution < -0.4 is 4.74 Å². The minimum Gasteiger partial charge on any atom is -0.489 e. The predicted octanol–water partition coefficient (Wildman–Crippen LogP) is 2.65. The minimum atomic E-state index is -0.244. The van der Waals surface area contributed by atoms with Crippen LogP contribution in [-0.4, -0.2) is 56.2 Å². The molecule has 1 aliphatic rings. The van der Waals surface area contributed by atoms with Gasteiger partial charge in [-0.15, -0.1) is 0 Å². The third kappa shape index (κ3) is 5.29. The second-order valence-corrected chi connectivity index (χ2v) is 6.36. The Morgan fingerprint density at radius 1 is 1.19 bits per heavy atom. The average Bonchev–Trinajstić information content (AvgIpc) is 2.43. The summed E-state index contributed by atoms with van der Waals surface area (Å²) in [6, 6.07) is 5.33. The Morgan fingerprint density at radius 2 is 1.90 bits per heavy atom. The topological polar surface area (TPSA) is 15.7 Å². The van der Waals surface area contributed by atoms with E-state index < -0.39 is 0 Å². The van der Waals surface area contributed by atoms with Gasteiger partial charge >= 0.3 is 0 Å². The summed E-state index contributed by atoms with van der Waals surface area (Å²) in [7, 11) is 2.14. The molecule has 1 aromatic carbocycles. The zero-order valence-corrected chi connectivity index (χ0v) is 13.4. The number of hydrogen-bond acceptors (Lipinski definition) is 3. The fourth-order valence-corrected chi connectivity index (χ4v) is 2.62. The highest BCUT2D eigenvalue weighted by Crippen LogP contribution is 2.20. The molecule has 0 bridgehead atoms. The molecule has 3 nitrogen and oxygen atoms in total. The molecule has 0 spiro atoms. The SMILES string of the molecule is CC(C)Cc1ccc(OCCN2CCN(C)CC2)c(F)c1. The van der Waals surface area contributed by atoms with Gasteiger partial charge in [-0.1, -0.05) is 19.9 Å². The second-order valence-electron chi connectivity index (χ2n) is 6.36. The number of halogens is 1. The van der Waals surface area contributed by atoms with Gasteiger partial charge in [0.05, 0.1) is 0 Å². The summed E-state index contributed by atoms with van der Waals surface area (Å²) in [5.41, 5.74) is 1.04. The third-order valence-electron chi connectivity index (χ3n) is 3.90. The lowest BCUT2D eigenvalue weighted by Crippen LogP contribution is -2.45. The molecule has 0 aliphatic carbocycles. The molecule has 1 saturated heterocycles. The Balaban J connectivity index is 1.78. The lowest BCUT2D eigenvalue weighted by molar-refractivity contribution is 0.132. The van der Waals surface area contributed by atoms with E-state index in [1.165, 1.54) is 0 Å². The molecule has 118 valence electrons. The Bertz CT molecular complexity index is 442. The van der Waals surface area contributed by atoms with E-state index in [-0.39, 0.29) is 5.82 Å². The van der Waals surface area contributed by atoms with E-state index in [0.29, 0.717) is 18.3 Å².